The number of aromatic nitrogens is 1. The van der Waals surface area contributed by atoms with Gasteiger partial charge in [0.05, 0.1) is 6.54 Å². The van der Waals surface area contributed by atoms with E-state index in [1.165, 1.54) is 19.3 Å². The van der Waals surface area contributed by atoms with Gasteiger partial charge in [-0.3, -0.25) is 4.79 Å². The van der Waals surface area contributed by atoms with Gasteiger partial charge in [0.15, 0.2) is 0 Å². The normalized spacial score (nSPS) is 16.6. The van der Waals surface area contributed by atoms with Crippen LogP contribution in [-0.2, 0) is 11.3 Å². The molecule has 0 spiro atoms. The van der Waals surface area contributed by atoms with Gasteiger partial charge in [-0.1, -0.05) is 19.3 Å². The standard InChI is InChI=1S/C13H21N3OS.2ClH/c14-10-13(4-2-1-3-5-13)8-11(17)16-9-12-15-6-7-18-12;;/h6-7H,1-5,8-10,14H2,(H,16,17);2*1H. The van der Waals surface area contributed by atoms with E-state index in [9.17, 15) is 4.79 Å². The highest BCUT2D eigenvalue weighted by Gasteiger charge is 2.32. The molecular formula is C13H23Cl2N3OS. The molecule has 1 amide bonds. The van der Waals surface area contributed by atoms with Crippen LogP contribution in [0.2, 0.25) is 0 Å². The van der Waals surface area contributed by atoms with E-state index in [0.717, 1.165) is 17.8 Å². The zero-order chi connectivity index (χ0) is 12.8. The first-order valence-electron chi connectivity index (χ1n) is 6.59. The third-order valence-corrected chi connectivity index (χ3v) is 4.58. The summed E-state index contributed by atoms with van der Waals surface area (Å²) < 4.78 is 0. The molecular weight excluding hydrogens is 317 g/mol. The van der Waals surface area contributed by atoms with Crippen LogP contribution in [0, 0.1) is 5.41 Å². The summed E-state index contributed by atoms with van der Waals surface area (Å²) in [7, 11) is 0. The van der Waals surface area contributed by atoms with E-state index in [2.05, 4.69) is 10.3 Å². The van der Waals surface area contributed by atoms with E-state index in [1.807, 2.05) is 5.38 Å². The van der Waals surface area contributed by atoms with Crippen LogP contribution in [-0.4, -0.2) is 17.4 Å². The fourth-order valence-electron chi connectivity index (χ4n) is 2.67. The molecule has 0 bridgehead atoms. The number of hydrogen-bond acceptors (Lipinski definition) is 4. The average molecular weight is 340 g/mol. The fraction of sp³-hybridized carbons (Fsp3) is 0.692. The lowest BCUT2D eigenvalue weighted by Gasteiger charge is -2.35. The molecule has 20 heavy (non-hydrogen) atoms. The SMILES string of the molecule is Cl.Cl.NCC1(CC(=O)NCc2nccs2)CCCCC1. The highest BCUT2D eigenvalue weighted by molar-refractivity contribution is 7.09. The van der Waals surface area contributed by atoms with Gasteiger partial charge in [0.25, 0.3) is 0 Å². The maximum atomic E-state index is 12.0. The lowest BCUT2D eigenvalue weighted by Crippen LogP contribution is -2.38. The molecule has 1 aromatic heterocycles. The minimum Gasteiger partial charge on any atom is -0.350 e. The van der Waals surface area contributed by atoms with Crippen LogP contribution in [0.4, 0.5) is 0 Å². The molecule has 0 aromatic carbocycles. The Bertz CT molecular complexity index is 381. The maximum Gasteiger partial charge on any atom is 0.220 e. The summed E-state index contributed by atoms with van der Waals surface area (Å²) >= 11 is 1.57. The summed E-state index contributed by atoms with van der Waals surface area (Å²) in [5.74, 6) is 0.109. The maximum absolute atomic E-state index is 12.0. The number of nitrogens with two attached hydrogens (primary N) is 1. The second-order valence-corrected chi connectivity index (χ2v) is 6.12. The smallest absolute Gasteiger partial charge is 0.220 e. The summed E-state index contributed by atoms with van der Waals surface area (Å²) in [4.78, 5) is 16.1. The molecule has 3 N–H and O–H groups in total. The van der Waals surface area contributed by atoms with E-state index in [4.69, 9.17) is 5.73 Å². The summed E-state index contributed by atoms with van der Waals surface area (Å²) in [6.07, 6.45) is 8.20. The van der Waals surface area contributed by atoms with Gasteiger partial charge in [-0.2, -0.15) is 0 Å². The summed E-state index contributed by atoms with van der Waals surface area (Å²) in [6.45, 7) is 1.16. The van der Waals surface area contributed by atoms with Crippen LogP contribution in [0.1, 0.15) is 43.5 Å². The second-order valence-electron chi connectivity index (χ2n) is 5.14. The van der Waals surface area contributed by atoms with Crippen LogP contribution in [0.5, 0.6) is 0 Å². The van der Waals surface area contributed by atoms with Gasteiger partial charge in [-0.05, 0) is 24.8 Å². The Balaban J connectivity index is 0.00000180. The molecule has 1 heterocycles. The zero-order valence-corrected chi connectivity index (χ0v) is 13.9. The number of nitrogens with zero attached hydrogens (tertiary/aromatic N) is 1. The molecule has 1 fully saturated rings. The van der Waals surface area contributed by atoms with Crippen LogP contribution < -0.4 is 11.1 Å². The minimum absolute atomic E-state index is 0. The predicted octanol–water partition coefficient (Wildman–Crippen LogP) is 2.90. The van der Waals surface area contributed by atoms with Gasteiger partial charge in [0.2, 0.25) is 5.91 Å². The molecule has 0 atom stereocenters. The van der Waals surface area contributed by atoms with E-state index >= 15 is 0 Å². The number of rotatable bonds is 5. The number of carbonyl (C=O) groups excluding carboxylic acids is 1. The summed E-state index contributed by atoms with van der Waals surface area (Å²) in [5.41, 5.74) is 5.93. The number of halogens is 2. The topological polar surface area (TPSA) is 68.0 Å². The molecule has 0 saturated heterocycles. The summed E-state index contributed by atoms with van der Waals surface area (Å²) in [6, 6.07) is 0. The van der Waals surface area contributed by atoms with Crippen molar-refractivity contribution in [2.24, 2.45) is 11.1 Å². The number of hydrogen-bond donors (Lipinski definition) is 2. The molecule has 116 valence electrons. The first-order chi connectivity index (χ1) is 8.74. The number of nitrogens with one attached hydrogen (secondary N) is 1. The average Bonchev–Trinajstić information content (AvgIpc) is 2.91. The third kappa shape index (κ3) is 5.56. The van der Waals surface area contributed by atoms with E-state index in [1.54, 1.807) is 17.5 Å². The monoisotopic (exact) mass is 339 g/mol. The molecule has 0 unspecified atom stereocenters. The lowest BCUT2D eigenvalue weighted by atomic mass is 9.72. The second kappa shape index (κ2) is 9.55. The van der Waals surface area contributed by atoms with Crippen molar-refractivity contribution >= 4 is 42.1 Å². The Morgan fingerprint density at radius 3 is 2.60 bits per heavy atom. The Hall–Kier alpha value is -0.360. The summed E-state index contributed by atoms with van der Waals surface area (Å²) in [5, 5.41) is 5.82. The minimum atomic E-state index is 0. The van der Waals surface area contributed by atoms with Crippen LogP contribution >= 0.6 is 36.2 Å². The Morgan fingerprint density at radius 1 is 1.35 bits per heavy atom. The number of carbonyl (C=O) groups is 1. The van der Waals surface area contributed by atoms with Crippen molar-refractivity contribution < 1.29 is 4.79 Å². The Morgan fingerprint density at radius 2 is 2.05 bits per heavy atom. The largest absolute Gasteiger partial charge is 0.350 e. The van der Waals surface area contributed by atoms with Crippen LogP contribution in [0.25, 0.3) is 0 Å². The molecule has 1 aliphatic rings. The molecule has 1 saturated carbocycles. The highest BCUT2D eigenvalue weighted by atomic mass is 35.5. The van der Waals surface area contributed by atoms with Crippen LogP contribution in [0.3, 0.4) is 0 Å². The van der Waals surface area contributed by atoms with E-state index < -0.39 is 0 Å². The molecule has 1 aliphatic carbocycles. The quantitative estimate of drug-likeness (QED) is 0.866. The van der Waals surface area contributed by atoms with Crippen molar-refractivity contribution in [1.29, 1.82) is 0 Å². The van der Waals surface area contributed by atoms with Gasteiger partial charge in [0.1, 0.15) is 5.01 Å². The van der Waals surface area contributed by atoms with Gasteiger partial charge in [0, 0.05) is 18.0 Å². The lowest BCUT2D eigenvalue weighted by molar-refractivity contribution is -0.124. The molecule has 2 rings (SSSR count). The highest BCUT2D eigenvalue weighted by Crippen LogP contribution is 2.38. The molecule has 0 radical (unpaired) electrons. The van der Waals surface area contributed by atoms with Crippen molar-refractivity contribution in [3.8, 4) is 0 Å². The third-order valence-electron chi connectivity index (χ3n) is 3.80. The fourth-order valence-corrected chi connectivity index (χ4v) is 3.23. The Labute approximate surface area is 136 Å². The van der Waals surface area contributed by atoms with Crippen molar-refractivity contribution in [1.82, 2.24) is 10.3 Å². The molecule has 0 aliphatic heterocycles. The van der Waals surface area contributed by atoms with Gasteiger partial charge >= 0.3 is 0 Å². The molecule has 1 aromatic rings. The van der Waals surface area contributed by atoms with Crippen molar-refractivity contribution in [3.05, 3.63) is 16.6 Å². The van der Waals surface area contributed by atoms with Crippen molar-refractivity contribution in [3.63, 3.8) is 0 Å². The van der Waals surface area contributed by atoms with Gasteiger partial charge < -0.3 is 11.1 Å². The Kier molecular flexibility index (Phi) is 9.38. The van der Waals surface area contributed by atoms with Gasteiger partial charge in [-0.25, -0.2) is 4.98 Å². The van der Waals surface area contributed by atoms with Gasteiger partial charge in [-0.15, -0.1) is 36.2 Å². The van der Waals surface area contributed by atoms with E-state index in [0.29, 0.717) is 19.5 Å². The number of amides is 1. The molecule has 7 heteroatoms. The zero-order valence-electron chi connectivity index (χ0n) is 11.5. The predicted molar refractivity (Wildman–Crippen MR) is 87.6 cm³/mol. The van der Waals surface area contributed by atoms with E-state index in [-0.39, 0.29) is 36.1 Å². The molecule has 4 nitrogen and oxygen atoms in total. The van der Waals surface area contributed by atoms with Crippen LogP contribution in [0.15, 0.2) is 11.6 Å². The van der Waals surface area contributed by atoms with Crippen molar-refractivity contribution in [2.75, 3.05) is 6.54 Å². The van der Waals surface area contributed by atoms with Crippen molar-refractivity contribution in [2.45, 2.75) is 45.1 Å². The first-order valence-corrected chi connectivity index (χ1v) is 7.47. The number of thiazole rings is 1. The first kappa shape index (κ1) is 19.6.